The van der Waals surface area contributed by atoms with Gasteiger partial charge in [-0.3, -0.25) is 4.79 Å². The van der Waals surface area contributed by atoms with Gasteiger partial charge in [-0.15, -0.1) is 5.10 Å². The van der Waals surface area contributed by atoms with Crippen molar-refractivity contribution in [3.05, 3.63) is 89.5 Å². The van der Waals surface area contributed by atoms with Gasteiger partial charge in [0.05, 0.1) is 24.7 Å². The molecule has 0 aliphatic heterocycles. The highest BCUT2D eigenvalue weighted by Crippen LogP contribution is 2.15. The van der Waals surface area contributed by atoms with Crippen LogP contribution < -0.4 is 5.32 Å². The van der Waals surface area contributed by atoms with Gasteiger partial charge in [-0.2, -0.15) is 0 Å². The predicted octanol–water partition coefficient (Wildman–Crippen LogP) is 3.52. The Morgan fingerprint density at radius 3 is 2.34 bits per heavy atom. The smallest absolute Gasteiger partial charge is 0.337 e. The number of hydrogen-bond acceptors (Lipinski definition) is 5. The minimum absolute atomic E-state index is 0.228. The van der Waals surface area contributed by atoms with E-state index in [1.54, 1.807) is 36.4 Å². The molecule has 0 saturated carbocycles. The quantitative estimate of drug-likeness (QED) is 0.531. The number of methoxy groups -OCH3 is 1. The monoisotopic (exact) mass is 386 g/mol. The number of fused-ring (bicyclic) bond motifs is 1. The molecule has 29 heavy (non-hydrogen) atoms. The highest BCUT2D eigenvalue weighted by molar-refractivity contribution is 6.04. The highest BCUT2D eigenvalue weighted by Gasteiger charge is 2.09. The van der Waals surface area contributed by atoms with Gasteiger partial charge >= 0.3 is 5.97 Å². The molecule has 0 atom stereocenters. The van der Waals surface area contributed by atoms with E-state index >= 15 is 0 Å². The maximum atomic E-state index is 12.5. The van der Waals surface area contributed by atoms with E-state index in [1.807, 2.05) is 41.1 Å². The van der Waals surface area contributed by atoms with Crippen molar-refractivity contribution in [1.82, 2.24) is 15.0 Å². The summed E-state index contributed by atoms with van der Waals surface area (Å²) in [5.41, 5.74) is 4.39. The Morgan fingerprint density at radius 2 is 1.62 bits per heavy atom. The van der Waals surface area contributed by atoms with Crippen LogP contribution in [0, 0.1) is 0 Å². The molecule has 0 aliphatic rings. The number of amides is 1. The first-order valence-corrected chi connectivity index (χ1v) is 9.01. The fourth-order valence-corrected chi connectivity index (χ4v) is 2.98. The van der Waals surface area contributed by atoms with E-state index < -0.39 is 5.97 Å². The summed E-state index contributed by atoms with van der Waals surface area (Å²) in [5, 5.41) is 11.1. The second kappa shape index (κ2) is 7.93. The molecular formula is C22H18N4O3. The number of nitrogens with one attached hydrogen (secondary N) is 1. The first kappa shape index (κ1) is 18.4. The van der Waals surface area contributed by atoms with Crippen LogP contribution in [0.25, 0.3) is 11.0 Å². The molecule has 1 heterocycles. The fraction of sp³-hybridized carbons (Fsp3) is 0.0909. The van der Waals surface area contributed by atoms with Crippen LogP contribution in [0.3, 0.4) is 0 Å². The summed E-state index contributed by atoms with van der Waals surface area (Å²) in [4.78, 5) is 23.9. The number of carbonyl (C=O) groups is 2. The Labute approximate surface area is 166 Å². The van der Waals surface area contributed by atoms with Crippen LogP contribution in [0.15, 0.2) is 72.8 Å². The average molecular weight is 386 g/mol. The van der Waals surface area contributed by atoms with E-state index in [2.05, 4.69) is 20.4 Å². The summed E-state index contributed by atoms with van der Waals surface area (Å²) in [5.74, 6) is -0.646. The molecule has 3 aromatic carbocycles. The first-order valence-electron chi connectivity index (χ1n) is 9.01. The zero-order chi connectivity index (χ0) is 20.2. The number of hydrogen-bond donors (Lipinski definition) is 1. The van der Waals surface area contributed by atoms with Crippen molar-refractivity contribution in [2.24, 2.45) is 0 Å². The molecule has 0 spiro atoms. The molecule has 0 bridgehead atoms. The summed E-state index contributed by atoms with van der Waals surface area (Å²) < 4.78 is 6.49. The Hall–Kier alpha value is -4.00. The number of anilines is 1. The highest BCUT2D eigenvalue weighted by atomic mass is 16.5. The lowest BCUT2D eigenvalue weighted by Crippen LogP contribution is -2.12. The number of nitrogens with zero attached hydrogens (tertiary/aromatic N) is 3. The van der Waals surface area contributed by atoms with Gasteiger partial charge in [0.15, 0.2) is 0 Å². The van der Waals surface area contributed by atoms with Crippen molar-refractivity contribution in [1.29, 1.82) is 0 Å². The molecule has 1 N–H and O–H groups in total. The Balaban J connectivity index is 1.43. The van der Waals surface area contributed by atoms with E-state index in [-0.39, 0.29) is 5.91 Å². The summed E-state index contributed by atoms with van der Waals surface area (Å²) in [6.07, 6.45) is 0. The average Bonchev–Trinajstić information content (AvgIpc) is 3.17. The molecule has 4 rings (SSSR count). The zero-order valence-electron chi connectivity index (χ0n) is 15.7. The molecule has 7 nitrogen and oxygen atoms in total. The van der Waals surface area contributed by atoms with E-state index in [1.165, 1.54) is 7.11 Å². The van der Waals surface area contributed by atoms with E-state index in [9.17, 15) is 9.59 Å². The fourth-order valence-electron chi connectivity index (χ4n) is 2.98. The number of esters is 1. The summed E-state index contributed by atoms with van der Waals surface area (Å²) >= 11 is 0. The van der Waals surface area contributed by atoms with Crippen LogP contribution in [-0.2, 0) is 11.3 Å². The second-order valence-corrected chi connectivity index (χ2v) is 6.46. The molecule has 144 valence electrons. The van der Waals surface area contributed by atoms with Crippen molar-refractivity contribution in [2.45, 2.75) is 6.54 Å². The van der Waals surface area contributed by atoms with Crippen molar-refractivity contribution >= 4 is 28.6 Å². The van der Waals surface area contributed by atoms with Crippen LogP contribution in [0.1, 0.15) is 26.3 Å². The topological polar surface area (TPSA) is 86.1 Å². The van der Waals surface area contributed by atoms with Gasteiger partial charge in [0.2, 0.25) is 0 Å². The molecule has 1 aromatic heterocycles. The standard InChI is InChI=1S/C22H18N4O3/c1-29-22(28)17-10-12-18(13-11-17)23-21(27)16-8-6-15(7-9-16)14-26-20-5-3-2-4-19(20)24-25-26/h2-13H,14H2,1H3,(H,23,27). The number of ether oxygens (including phenoxy) is 1. The summed E-state index contributed by atoms with van der Waals surface area (Å²) in [6, 6.07) is 21.6. The second-order valence-electron chi connectivity index (χ2n) is 6.46. The maximum absolute atomic E-state index is 12.5. The van der Waals surface area contributed by atoms with Gasteiger partial charge < -0.3 is 10.1 Å². The number of benzene rings is 3. The molecular weight excluding hydrogens is 368 g/mol. The van der Waals surface area contributed by atoms with Gasteiger partial charge in [0, 0.05) is 11.3 Å². The molecule has 0 unspecified atom stereocenters. The Morgan fingerprint density at radius 1 is 0.931 bits per heavy atom. The van der Waals surface area contributed by atoms with Crippen LogP contribution >= 0.6 is 0 Å². The minimum Gasteiger partial charge on any atom is -0.465 e. The van der Waals surface area contributed by atoms with Crippen molar-refractivity contribution in [3.63, 3.8) is 0 Å². The van der Waals surface area contributed by atoms with Crippen LogP contribution in [0.5, 0.6) is 0 Å². The van der Waals surface area contributed by atoms with Crippen LogP contribution in [0.4, 0.5) is 5.69 Å². The van der Waals surface area contributed by atoms with Crippen molar-refractivity contribution in [3.8, 4) is 0 Å². The molecule has 1 amide bonds. The molecule has 7 heteroatoms. The molecule has 0 aliphatic carbocycles. The Bertz CT molecular complexity index is 1160. The SMILES string of the molecule is COC(=O)c1ccc(NC(=O)c2ccc(Cn3nnc4ccccc43)cc2)cc1. The predicted molar refractivity (Wildman–Crippen MR) is 109 cm³/mol. The summed E-state index contributed by atoms with van der Waals surface area (Å²) in [7, 11) is 1.33. The zero-order valence-corrected chi connectivity index (χ0v) is 15.7. The van der Waals surface area contributed by atoms with Gasteiger partial charge in [-0.1, -0.05) is 29.5 Å². The normalized spacial score (nSPS) is 10.7. The summed E-state index contributed by atoms with van der Waals surface area (Å²) in [6.45, 7) is 0.567. The number of aromatic nitrogens is 3. The molecule has 4 aromatic rings. The first-order chi connectivity index (χ1) is 14.1. The number of para-hydroxylation sites is 1. The van der Waals surface area contributed by atoms with Crippen molar-refractivity contribution in [2.75, 3.05) is 12.4 Å². The third kappa shape index (κ3) is 3.98. The lowest BCUT2D eigenvalue weighted by molar-refractivity contribution is 0.0600. The van der Waals surface area contributed by atoms with Gasteiger partial charge in [-0.05, 0) is 54.1 Å². The Kier molecular flexibility index (Phi) is 5.03. The minimum atomic E-state index is -0.418. The van der Waals surface area contributed by atoms with Gasteiger partial charge in [-0.25, -0.2) is 9.48 Å². The van der Waals surface area contributed by atoms with Gasteiger partial charge in [0.25, 0.3) is 5.91 Å². The van der Waals surface area contributed by atoms with Crippen molar-refractivity contribution < 1.29 is 14.3 Å². The maximum Gasteiger partial charge on any atom is 0.337 e. The molecule has 0 fully saturated rings. The number of rotatable bonds is 5. The van der Waals surface area contributed by atoms with Crippen LogP contribution in [0.2, 0.25) is 0 Å². The van der Waals surface area contributed by atoms with Gasteiger partial charge in [0.1, 0.15) is 5.52 Å². The number of carbonyl (C=O) groups excluding carboxylic acids is 2. The van der Waals surface area contributed by atoms with E-state index in [4.69, 9.17) is 0 Å². The van der Waals surface area contributed by atoms with Crippen LogP contribution in [-0.4, -0.2) is 34.0 Å². The third-order valence-electron chi connectivity index (χ3n) is 4.53. The lowest BCUT2D eigenvalue weighted by Gasteiger charge is -2.07. The lowest BCUT2D eigenvalue weighted by atomic mass is 10.1. The van der Waals surface area contributed by atoms with E-state index in [0.717, 1.165) is 16.6 Å². The molecule has 0 saturated heterocycles. The largest absolute Gasteiger partial charge is 0.465 e. The molecule has 0 radical (unpaired) electrons. The third-order valence-corrected chi connectivity index (χ3v) is 4.53. The van der Waals surface area contributed by atoms with E-state index in [0.29, 0.717) is 23.4 Å².